The van der Waals surface area contributed by atoms with E-state index in [1.54, 1.807) is 41.3 Å². The van der Waals surface area contributed by atoms with Crippen molar-refractivity contribution in [2.45, 2.75) is 24.9 Å². The van der Waals surface area contributed by atoms with Gasteiger partial charge in [-0.2, -0.15) is 4.72 Å². The number of thiazole rings is 1. The first-order valence-corrected chi connectivity index (χ1v) is 16.4. The lowest BCUT2D eigenvalue weighted by Crippen LogP contribution is -2.59. The number of hydrogen-bond donors (Lipinski definition) is 4. The summed E-state index contributed by atoms with van der Waals surface area (Å²) in [7, 11) is -3.95. The maximum atomic E-state index is 12.9. The Bertz CT molecular complexity index is 1850. The Morgan fingerprint density at radius 3 is 2.58 bits per heavy atom. The molecule has 1 aliphatic heterocycles. The zero-order chi connectivity index (χ0) is 32.0. The van der Waals surface area contributed by atoms with E-state index < -0.39 is 33.4 Å². The van der Waals surface area contributed by atoms with Crippen molar-refractivity contribution >= 4 is 39.0 Å². The minimum atomic E-state index is -3.95. The number of carbonyl (C=O) groups is 2. The fraction of sp³-hybridized carbons (Fsp3) is 0.219. The molecule has 1 fully saturated rings. The van der Waals surface area contributed by atoms with Crippen molar-refractivity contribution in [2.24, 2.45) is 0 Å². The number of carboxylic acids is 2. The van der Waals surface area contributed by atoms with E-state index in [2.05, 4.69) is 26.9 Å². The van der Waals surface area contributed by atoms with Crippen molar-refractivity contribution in [3.05, 3.63) is 99.9 Å². The number of piperazine rings is 1. The second-order valence-corrected chi connectivity index (χ2v) is 13.0. The van der Waals surface area contributed by atoms with Crippen molar-refractivity contribution in [1.82, 2.24) is 15.0 Å². The molecule has 3 aromatic carbocycles. The lowest BCUT2D eigenvalue weighted by Gasteiger charge is -2.37. The number of benzene rings is 3. The van der Waals surface area contributed by atoms with Crippen LogP contribution in [0.25, 0.3) is 11.3 Å². The van der Waals surface area contributed by atoms with Gasteiger partial charge in [0.15, 0.2) is 10.4 Å². The highest BCUT2D eigenvalue weighted by Crippen LogP contribution is 2.26. The van der Waals surface area contributed by atoms with Crippen LogP contribution in [0.4, 0.5) is 5.69 Å². The van der Waals surface area contributed by atoms with Crippen LogP contribution in [-0.2, 0) is 21.4 Å². The fourth-order valence-corrected chi connectivity index (χ4v) is 6.93. The van der Waals surface area contributed by atoms with Crippen LogP contribution in [0.1, 0.15) is 33.4 Å². The number of hydrogen-bond acceptors (Lipinski definition) is 9. The monoisotopic (exact) mass is 646 g/mol. The van der Waals surface area contributed by atoms with E-state index in [0.29, 0.717) is 36.1 Å². The van der Waals surface area contributed by atoms with Gasteiger partial charge in [0, 0.05) is 41.8 Å². The number of anilines is 1. The molecule has 2 atom stereocenters. The predicted octanol–water partition coefficient (Wildman–Crippen LogP) is 3.62. The Hall–Kier alpha value is -4.74. The third kappa shape index (κ3) is 8.05. The van der Waals surface area contributed by atoms with Crippen molar-refractivity contribution in [3.63, 3.8) is 0 Å². The van der Waals surface area contributed by atoms with Gasteiger partial charge in [0.25, 0.3) is 0 Å². The molecule has 0 amide bonds. The van der Waals surface area contributed by atoms with E-state index >= 15 is 0 Å². The van der Waals surface area contributed by atoms with Crippen LogP contribution in [0.2, 0.25) is 0 Å². The molecule has 11 nitrogen and oxygen atoms in total. The number of aromatic carboxylic acids is 1. The Morgan fingerprint density at radius 1 is 1.11 bits per heavy atom. The summed E-state index contributed by atoms with van der Waals surface area (Å²) in [6.45, 7) is 2.77. The molecular formula is C32H30N4O7S2. The Morgan fingerprint density at radius 2 is 1.87 bits per heavy atom. The molecule has 1 aliphatic rings. The van der Waals surface area contributed by atoms with Gasteiger partial charge < -0.3 is 25.2 Å². The van der Waals surface area contributed by atoms with Crippen LogP contribution in [-0.4, -0.2) is 66.6 Å². The quantitative estimate of drug-likeness (QED) is 0.188. The van der Waals surface area contributed by atoms with Crippen molar-refractivity contribution in [3.8, 4) is 28.8 Å². The zero-order valence-electron chi connectivity index (χ0n) is 24.1. The lowest BCUT2D eigenvalue weighted by atomic mass is 10.1. The van der Waals surface area contributed by atoms with Gasteiger partial charge in [0.05, 0.1) is 11.3 Å². The molecule has 13 heteroatoms. The van der Waals surface area contributed by atoms with Crippen molar-refractivity contribution < 1.29 is 33.0 Å². The molecule has 0 aliphatic carbocycles. The number of carboxylic acid groups (broad SMARTS) is 2. The molecule has 4 N–H and O–H groups in total. The first-order chi connectivity index (χ1) is 21.6. The normalized spacial score (nSPS) is 15.5. The van der Waals surface area contributed by atoms with Gasteiger partial charge in [-0.15, -0.1) is 11.3 Å². The number of nitrogens with one attached hydrogen (secondary N) is 2. The average Bonchev–Trinajstić information content (AvgIpc) is 3.52. The molecule has 1 aromatic heterocycles. The number of sulfonamides is 1. The molecule has 4 aromatic rings. The molecule has 0 radical (unpaired) electrons. The maximum absolute atomic E-state index is 12.9. The van der Waals surface area contributed by atoms with E-state index in [0.717, 1.165) is 22.4 Å². The highest BCUT2D eigenvalue weighted by molar-refractivity contribution is 7.90. The van der Waals surface area contributed by atoms with Crippen LogP contribution in [0.15, 0.2) is 78.2 Å². The number of aromatic nitrogens is 1. The summed E-state index contributed by atoms with van der Waals surface area (Å²) < 4.78 is 34.0. The summed E-state index contributed by atoms with van der Waals surface area (Å²) in [5.41, 5.74) is 4.12. The van der Waals surface area contributed by atoms with Crippen LogP contribution in [0, 0.1) is 11.8 Å². The minimum absolute atomic E-state index is 0.160. The van der Waals surface area contributed by atoms with Gasteiger partial charge in [0.1, 0.15) is 18.4 Å². The van der Waals surface area contributed by atoms with Crippen LogP contribution in [0.5, 0.6) is 5.75 Å². The predicted molar refractivity (Wildman–Crippen MR) is 171 cm³/mol. The van der Waals surface area contributed by atoms with Gasteiger partial charge in [-0.3, -0.25) is 4.79 Å². The number of rotatable bonds is 10. The summed E-state index contributed by atoms with van der Waals surface area (Å²) in [6, 6.07) is 20.1. The van der Waals surface area contributed by atoms with Gasteiger partial charge in [-0.05, 0) is 66.9 Å². The molecular weight excluding hydrogens is 617 g/mol. The first kappa shape index (κ1) is 31.7. The van der Waals surface area contributed by atoms with Gasteiger partial charge in [0.2, 0.25) is 10.0 Å². The minimum Gasteiger partial charge on any atom is -0.489 e. The molecule has 0 bridgehead atoms. The van der Waals surface area contributed by atoms with Crippen molar-refractivity contribution in [1.29, 1.82) is 0 Å². The SMILES string of the molecule is CC(NS(=O)(=O)C1CNCCN1c1ccc(C#Cc2nc(-c3cccc(OCc4ccc(C(=O)O)cc4)c3)cs2)cc1)C(=O)O. The molecule has 232 valence electrons. The highest BCUT2D eigenvalue weighted by Gasteiger charge is 2.35. The topological polar surface area (TPSA) is 158 Å². The highest BCUT2D eigenvalue weighted by atomic mass is 32.2. The summed E-state index contributed by atoms with van der Waals surface area (Å²) in [5, 5.41) is 22.8. The first-order valence-electron chi connectivity index (χ1n) is 13.9. The Labute approximate surface area is 264 Å². The van der Waals surface area contributed by atoms with Gasteiger partial charge in [-0.1, -0.05) is 30.2 Å². The summed E-state index contributed by atoms with van der Waals surface area (Å²) in [4.78, 5) is 28.6. The van der Waals surface area contributed by atoms with E-state index in [4.69, 9.17) is 14.9 Å². The molecule has 0 saturated carbocycles. The van der Waals surface area contributed by atoms with E-state index in [9.17, 15) is 18.0 Å². The average molecular weight is 647 g/mol. The molecule has 1 saturated heterocycles. The summed E-state index contributed by atoms with van der Waals surface area (Å²) >= 11 is 1.41. The van der Waals surface area contributed by atoms with E-state index in [-0.39, 0.29) is 12.1 Å². The second kappa shape index (κ2) is 13.9. The van der Waals surface area contributed by atoms with Gasteiger partial charge >= 0.3 is 11.9 Å². The van der Waals surface area contributed by atoms with Crippen LogP contribution < -0.4 is 19.7 Å². The van der Waals surface area contributed by atoms with E-state index in [1.807, 2.05) is 41.8 Å². The molecule has 0 spiro atoms. The summed E-state index contributed by atoms with van der Waals surface area (Å²) in [5.74, 6) is 4.63. The number of aliphatic carboxylic acids is 1. The molecule has 2 unspecified atom stereocenters. The summed E-state index contributed by atoms with van der Waals surface area (Å²) in [6.07, 6.45) is 0. The standard InChI is InChI=1S/C32H30N4O7S2/c1-21(31(37)38)35-45(41,42)30-18-33-15-16-36(30)26-12-7-22(8-13-26)9-14-29-34-28(20-44-29)25-3-2-4-27(17-25)43-19-23-5-10-24(11-6-23)32(39)40/h2-8,10-13,17,20-21,30,33,35H,15-16,18-19H2,1H3,(H,37,38)(H,39,40). The fourth-order valence-electron chi connectivity index (χ4n) is 4.61. The van der Waals surface area contributed by atoms with Crippen LogP contribution in [0.3, 0.4) is 0 Å². The number of ether oxygens (including phenoxy) is 1. The lowest BCUT2D eigenvalue weighted by molar-refractivity contribution is -0.138. The van der Waals surface area contributed by atoms with E-state index in [1.165, 1.54) is 18.3 Å². The smallest absolute Gasteiger partial charge is 0.335 e. The zero-order valence-corrected chi connectivity index (χ0v) is 25.8. The third-order valence-electron chi connectivity index (χ3n) is 7.02. The largest absolute Gasteiger partial charge is 0.489 e. The molecule has 45 heavy (non-hydrogen) atoms. The van der Waals surface area contributed by atoms with Gasteiger partial charge in [-0.25, -0.2) is 18.2 Å². The molecule has 5 rings (SSSR count). The van der Waals surface area contributed by atoms with Crippen LogP contribution >= 0.6 is 11.3 Å². The third-order valence-corrected chi connectivity index (χ3v) is 9.60. The Balaban J connectivity index is 1.23. The molecule has 2 heterocycles. The number of nitrogens with zero attached hydrogens (tertiary/aromatic N) is 2. The Kier molecular flexibility index (Phi) is 9.80. The second-order valence-electron chi connectivity index (χ2n) is 10.2. The maximum Gasteiger partial charge on any atom is 0.335 e. The van der Waals surface area contributed by atoms with Crippen molar-refractivity contribution in [2.75, 3.05) is 24.5 Å².